The van der Waals surface area contributed by atoms with E-state index in [1.807, 2.05) is 54.7 Å². The molecule has 9 heteroatoms. The van der Waals surface area contributed by atoms with Gasteiger partial charge in [0.15, 0.2) is 0 Å². The number of barbiturate groups is 1. The van der Waals surface area contributed by atoms with E-state index >= 15 is 0 Å². The first-order valence-corrected chi connectivity index (χ1v) is 12.4. The van der Waals surface area contributed by atoms with Crippen LogP contribution >= 0.6 is 23.4 Å². The Balaban J connectivity index is 1.45. The first-order chi connectivity index (χ1) is 17.4. The molecule has 6 nitrogen and oxygen atoms in total. The lowest BCUT2D eigenvalue weighted by molar-refractivity contribution is -0.122. The molecule has 0 saturated carbocycles. The molecule has 1 saturated heterocycles. The Labute approximate surface area is 215 Å². The minimum absolute atomic E-state index is 0.0394. The Bertz CT molecular complexity index is 1530. The van der Waals surface area contributed by atoms with Crippen LogP contribution in [0.25, 0.3) is 17.0 Å². The van der Waals surface area contributed by atoms with Gasteiger partial charge < -0.3 is 4.57 Å². The molecule has 3 aromatic carbocycles. The molecule has 0 spiro atoms. The fourth-order valence-corrected chi connectivity index (χ4v) is 5.01. The Morgan fingerprint density at radius 2 is 1.75 bits per heavy atom. The number of benzene rings is 3. The van der Waals surface area contributed by atoms with Gasteiger partial charge in [0.25, 0.3) is 11.8 Å². The van der Waals surface area contributed by atoms with Crippen molar-refractivity contribution < 1.29 is 18.8 Å². The van der Waals surface area contributed by atoms with Crippen LogP contribution < -0.4 is 10.2 Å². The maximum Gasteiger partial charge on any atom is 0.335 e. The number of halogens is 2. The molecule has 4 aromatic rings. The van der Waals surface area contributed by atoms with Crippen LogP contribution in [0.15, 0.2) is 89.5 Å². The number of para-hydroxylation sites is 1. The summed E-state index contributed by atoms with van der Waals surface area (Å²) in [4.78, 5) is 40.1. The van der Waals surface area contributed by atoms with Gasteiger partial charge in [-0.05, 0) is 54.6 Å². The molecular formula is C27H19ClFN3O3S. The van der Waals surface area contributed by atoms with Crippen molar-refractivity contribution in [2.75, 3.05) is 10.7 Å². The SMILES string of the molecule is O=C1NC(=O)N(c2cccc(F)c2)C(=O)/C1=C/c1cn(CCSc2ccc(Cl)cc2)c2ccccc12. The molecule has 36 heavy (non-hydrogen) atoms. The van der Waals surface area contributed by atoms with Gasteiger partial charge in [-0.15, -0.1) is 11.8 Å². The third-order valence-electron chi connectivity index (χ3n) is 5.70. The van der Waals surface area contributed by atoms with Crippen molar-refractivity contribution in [3.63, 3.8) is 0 Å². The number of fused-ring (bicyclic) bond motifs is 1. The minimum atomic E-state index is -0.922. The van der Waals surface area contributed by atoms with Crippen molar-refractivity contribution in [2.24, 2.45) is 0 Å². The lowest BCUT2D eigenvalue weighted by atomic mass is 10.1. The van der Waals surface area contributed by atoms with Crippen molar-refractivity contribution >= 4 is 63.9 Å². The number of nitrogens with one attached hydrogen (secondary N) is 1. The predicted octanol–water partition coefficient (Wildman–Crippen LogP) is 5.89. The number of thioether (sulfide) groups is 1. The van der Waals surface area contributed by atoms with Gasteiger partial charge in [0.2, 0.25) is 0 Å². The van der Waals surface area contributed by atoms with Gasteiger partial charge in [0, 0.05) is 44.9 Å². The van der Waals surface area contributed by atoms with E-state index in [9.17, 15) is 18.8 Å². The van der Waals surface area contributed by atoms with E-state index in [-0.39, 0.29) is 11.3 Å². The molecule has 0 atom stereocenters. The van der Waals surface area contributed by atoms with E-state index in [4.69, 9.17) is 11.6 Å². The van der Waals surface area contributed by atoms with E-state index in [1.165, 1.54) is 24.3 Å². The van der Waals surface area contributed by atoms with Gasteiger partial charge in [-0.3, -0.25) is 14.9 Å². The van der Waals surface area contributed by atoms with E-state index < -0.39 is 23.7 Å². The number of carbonyl (C=O) groups is 3. The standard InChI is InChI=1S/C27H19ClFN3O3S/c28-18-8-10-21(11-9-18)36-13-12-31-16-17(22-6-1-2-7-24(22)31)14-23-25(33)30-27(35)32(26(23)34)20-5-3-4-19(29)15-20/h1-11,14-16H,12-13H2,(H,30,33,35)/b23-14+. The fraction of sp³-hybridized carbons (Fsp3) is 0.0741. The van der Waals surface area contributed by atoms with Gasteiger partial charge in [-0.25, -0.2) is 14.1 Å². The van der Waals surface area contributed by atoms with Gasteiger partial charge >= 0.3 is 6.03 Å². The monoisotopic (exact) mass is 519 g/mol. The molecule has 0 unspecified atom stereocenters. The van der Waals surface area contributed by atoms with Crippen LogP contribution in [0, 0.1) is 5.82 Å². The van der Waals surface area contributed by atoms with E-state index in [2.05, 4.69) is 9.88 Å². The van der Waals surface area contributed by atoms with Crippen LogP contribution in [0.4, 0.5) is 14.9 Å². The highest BCUT2D eigenvalue weighted by Crippen LogP contribution is 2.28. The molecule has 1 aliphatic heterocycles. The van der Waals surface area contributed by atoms with Gasteiger partial charge in [-0.1, -0.05) is 35.9 Å². The van der Waals surface area contributed by atoms with E-state index in [0.717, 1.165) is 32.5 Å². The van der Waals surface area contributed by atoms with Crippen molar-refractivity contribution in [1.82, 2.24) is 9.88 Å². The lowest BCUT2D eigenvalue weighted by Crippen LogP contribution is -2.54. The van der Waals surface area contributed by atoms with Gasteiger partial charge in [0.1, 0.15) is 11.4 Å². The zero-order valence-corrected chi connectivity index (χ0v) is 20.4. The number of nitrogens with zero attached hydrogens (tertiary/aromatic N) is 2. The van der Waals surface area contributed by atoms with Crippen molar-refractivity contribution in [1.29, 1.82) is 0 Å². The first kappa shape index (κ1) is 23.8. The second-order valence-corrected chi connectivity index (χ2v) is 9.64. The lowest BCUT2D eigenvalue weighted by Gasteiger charge is -2.26. The van der Waals surface area contributed by atoms with Gasteiger partial charge in [0.05, 0.1) is 5.69 Å². The summed E-state index contributed by atoms with van der Waals surface area (Å²) >= 11 is 7.65. The van der Waals surface area contributed by atoms with Crippen molar-refractivity contribution in [3.05, 3.63) is 101 Å². The molecule has 1 aromatic heterocycles. The number of amides is 4. The number of aromatic nitrogens is 1. The number of carbonyl (C=O) groups excluding carboxylic acids is 3. The van der Waals surface area contributed by atoms with Crippen LogP contribution in [0.2, 0.25) is 5.02 Å². The molecule has 4 amide bonds. The van der Waals surface area contributed by atoms with Crippen LogP contribution in [0.1, 0.15) is 5.56 Å². The second-order valence-electron chi connectivity index (χ2n) is 8.04. The highest BCUT2D eigenvalue weighted by molar-refractivity contribution is 7.99. The fourth-order valence-electron chi connectivity index (χ4n) is 4.03. The second kappa shape index (κ2) is 10.0. The number of urea groups is 1. The summed E-state index contributed by atoms with van der Waals surface area (Å²) in [5.41, 5.74) is 1.44. The molecule has 1 aliphatic rings. The smallest absolute Gasteiger partial charge is 0.335 e. The van der Waals surface area contributed by atoms with Gasteiger partial charge in [-0.2, -0.15) is 0 Å². The molecule has 1 N–H and O–H groups in total. The Hall–Kier alpha value is -3.88. The maximum absolute atomic E-state index is 13.7. The number of anilines is 1. The number of rotatable bonds is 6. The van der Waals surface area contributed by atoms with E-state index in [1.54, 1.807) is 11.8 Å². The summed E-state index contributed by atoms with van der Waals surface area (Å²) in [6.07, 6.45) is 3.35. The largest absolute Gasteiger partial charge is 0.346 e. The predicted molar refractivity (Wildman–Crippen MR) is 140 cm³/mol. The average molecular weight is 520 g/mol. The average Bonchev–Trinajstić information content (AvgIpc) is 3.20. The molecule has 1 fully saturated rings. The quantitative estimate of drug-likeness (QED) is 0.196. The maximum atomic E-state index is 13.7. The Morgan fingerprint density at radius 1 is 0.972 bits per heavy atom. The molecule has 0 radical (unpaired) electrons. The minimum Gasteiger partial charge on any atom is -0.346 e. The third kappa shape index (κ3) is 4.78. The van der Waals surface area contributed by atoms with Crippen molar-refractivity contribution in [3.8, 4) is 0 Å². The zero-order valence-electron chi connectivity index (χ0n) is 18.8. The molecular weight excluding hydrogens is 501 g/mol. The van der Waals surface area contributed by atoms with Crippen LogP contribution in [-0.2, 0) is 16.1 Å². The highest BCUT2D eigenvalue weighted by atomic mass is 35.5. The summed E-state index contributed by atoms with van der Waals surface area (Å²) in [7, 11) is 0. The molecule has 5 rings (SSSR count). The topological polar surface area (TPSA) is 71.4 Å². The molecule has 0 bridgehead atoms. The van der Waals surface area contributed by atoms with E-state index in [0.29, 0.717) is 17.1 Å². The molecule has 2 heterocycles. The van der Waals surface area contributed by atoms with Crippen molar-refractivity contribution in [2.45, 2.75) is 11.4 Å². The van der Waals surface area contributed by atoms with Crippen LogP contribution in [0.3, 0.4) is 0 Å². The number of hydrogen-bond donors (Lipinski definition) is 1. The normalized spacial score (nSPS) is 15.1. The third-order valence-corrected chi connectivity index (χ3v) is 6.95. The summed E-state index contributed by atoms with van der Waals surface area (Å²) in [5.74, 6) is -1.43. The molecule has 0 aliphatic carbocycles. The zero-order chi connectivity index (χ0) is 25.2. The summed E-state index contributed by atoms with van der Waals surface area (Å²) in [5, 5.41) is 3.72. The Morgan fingerprint density at radius 3 is 2.53 bits per heavy atom. The summed E-state index contributed by atoms with van der Waals surface area (Å²) in [6, 6.07) is 19.5. The highest BCUT2D eigenvalue weighted by Gasteiger charge is 2.37. The number of aryl methyl sites for hydroxylation is 1. The molecule has 180 valence electrons. The Kier molecular flexibility index (Phi) is 6.63. The van der Waals surface area contributed by atoms with Crippen LogP contribution in [0.5, 0.6) is 0 Å². The summed E-state index contributed by atoms with van der Waals surface area (Å²) < 4.78 is 15.8. The number of imide groups is 2. The van der Waals surface area contributed by atoms with Crippen LogP contribution in [-0.4, -0.2) is 28.2 Å². The number of hydrogen-bond acceptors (Lipinski definition) is 4. The summed E-state index contributed by atoms with van der Waals surface area (Å²) in [6.45, 7) is 0.686. The first-order valence-electron chi connectivity index (χ1n) is 11.0.